The number of nitrogens with one attached hydrogen (secondary N) is 3. The molecule has 2 heterocycles. The van der Waals surface area contributed by atoms with Gasteiger partial charge in [-0.3, -0.25) is 4.79 Å². The van der Waals surface area contributed by atoms with Gasteiger partial charge in [0.1, 0.15) is 12.4 Å². The standard InChI is InChI=1S/C26H30ClFN6O3/c1-36-12-13-37-22-9-7-19(8-10-22)32-26-30-15-23(28)25(33-26)34-11-3-6-21(17-34)31-24(35)16-29-20-5-2-4-18(27)14-20/h2,4-5,7-10,14-15,21,29H,3,6,11-13,16-17H2,1H3,(H,31,35)(H,30,32,33)/t21-/m1/s1. The van der Waals surface area contributed by atoms with E-state index in [1.165, 1.54) is 0 Å². The van der Waals surface area contributed by atoms with E-state index in [1.54, 1.807) is 19.2 Å². The lowest BCUT2D eigenvalue weighted by molar-refractivity contribution is -0.120. The monoisotopic (exact) mass is 528 g/mol. The zero-order chi connectivity index (χ0) is 26.0. The number of hydrogen-bond donors (Lipinski definition) is 3. The van der Waals surface area contributed by atoms with Crippen LogP contribution in [0.1, 0.15) is 12.8 Å². The summed E-state index contributed by atoms with van der Waals surface area (Å²) in [6, 6.07) is 14.4. The van der Waals surface area contributed by atoms with Gasteiger partial charge in [0.05, 0.1) is 19.3 Å². The molecule has 3 N–H and O–H groups in total. The molecule has 1 aliphatic rings. The smallest absolute Gasteiger partial charge is 0.239 e. The number of piperidine rings is 1. The molecule has 1 aliphatic heterocycles. The molecule has 1 atom stereocenters. The molecule has 1 amide bonds. The predicted molar refractivity (Wildman–Crippen MR) is 142 cm³/mol. The molecule has 0 bridgehead atoms. The van der Waals surface area contributed by atoms with E-state index in [9.17, 15) is 9.18 Å². The minimum absolute atomic E-state index is 0.114. The largest absolute Gasteiger partial charge is 0.491 e. The van der Waals surface area contributed by atoms with Crippen LogP contribution in [0.25, 0.3) is 0 Å². The molecule has 37 heavy (non-hydrogen) atoms. The average Bonchev–Trinajstić information content (AvgIpc) is 2.90. The SMILES string of the molecule is COCCOc1ccc(Nc2ncc(F)c(N3CCC[C@@H](NC(=O)CNc4cccc(Cl)c4)C3)n2)cc1. The number of aromatic nitrogens is 2. The lowest BCUT2D eigenvalue weighted by atomic mass is 10.1. The van der Waals surface area contributed by atoms with Crippen LogP contribution < -0.4 is 25.6 Å². The van der Waals surface area contributed by atoms with Crippen LogP contribution in [-0.2, 0) is 9.53 Å². The molecule has 0 unspecified atom stereocenters. The van der Waals surface area contributed by atoms with Crippen LogP contribution in [0.15, 0.2) is 54.7 Å². The maximum atomic E-state index is 14.7. The number of halogens is 2. The van der Waals surface area contributed by atoms with Gasteiger partial charge in [-0.25, -0.2) is 9.37 Å². The Bertz CT molecular complexity index is 1180. The highest BCUT2D eigenvalue weighted by Gasteiger charge is 2.25. The molecule has 9 nitrogen and oxygen atoms in total. The number of carbonyl (C=O) groups is 1. The van der Waals surface area contributed by atoms with Crippen molar-refractivity contribution in [2.45, 2.75) is 18.9 Å². The zero-order valence-corrected chi connectivity index (χ0v) is 21.3. The van der Waals surface area contributed by atoms with Gasteiger partial charge in [0.2, 0.25) is 11.9 Å². The number of rotatable bonds is 11. The quantitative estimate of drug-likeness (QED) is 0.318. The number of hydrogen-bond acceptors (Lipinski definition) is 8. The van der Waals surface area contributed by atoms with E-state index in [1.807, 2.05) is 41.3 Å². The topological polar surface area (TPSA) is 101 Å². The summed E-state index contributed by atoms with van der Waals surface area (Å²) in [5.74, 6) is 0.538. The highest BCUT2D eigenvalue weighted by atomic mass is 35.5. The van der Waals surface area contributed by atoms with E-state index in [0.717, 1.165) is 30.4 Å². The Morgan fingerprint density at radius 1 is 1.19 bits per heavy atom. The highest BCUT2D eigenvalue weighted by molar-refractivity contribution is 6.30. The Morgan fingerprint density at radius 2 is 2.03 bits per heavy atom. The van der Waals surface area contributed by atoms with E-state index < -0.39 is 5.82 Å². The molecule has 2 aromatic carbocycles. The van der Waals surface area contributed by atoms with Gasteiger partial charge >= 0.3 is 0 Å². The zero-order valence-electron chi connectivity index (χ0n) is 20.5. The van der Waals surface area contributed by atoms with Gasteiger partial charge in [0.15, 0.2) is 11.6 Å². The molecular formula is C26H30ClFN6O3. The first-order chi connectivity index (χ1) is 18.0. The summed E-state index contributed by atoms with van der Waals surface area (Å²) in [6.45, 7) is 2.16. The number of methoxy groups -OCH3 is 1. The van der Waals surface area contributed by atoms with Gasteiger partial charge in [-0.05, 0) is 55.3 Å². The summed E-state index contributed by atoms with van der Waals surface area (Å²) in [6.07, 6.45) is 2.75. The van der Waals surface area contributed by atoms with Crippen LogP contribution in [0.5, 0.6) is 5.75 Å². The van der Waals surface area contributed by atoms with Crippen molar-refractivity contribution in [3.05, 3.63) is 65.6 Å². The first-order valence-electron chi connectivity index (χ1n) is 12.1. The molecule has 196 valence electrons. The third kappa shape index (κ3) is 7.93. The van der Waals surface area contributed by atoms with Crippen LogP contribution in [0.4, 0.5) is 27.5 Å². The van der Waals surface area contributed by atoms with Crippen LogP contribution in [-0.4, -0.2) is 61.9 Å². The average molecular weight is 529 g/mol. The van der Waals surface area contributed by atoms with Crippen molar-refractivity contribution >= 4 is 40.6 Å². The normalized spacial score (nSPS) is 15.2. The summed E-state index contributed by atoms with van der Waals surface area (Å²) in [5, 5.41) is 9.78. The molecule has 0 radical (unpaired) electrons. The van der Waals surface area contributed by atoms with E-state index >= 15 is 0 Å². The Morgan fingerprint density at radius 3 is 2.81 bits per heavy atom. The fourth-order valence-corrected chi connectivity index (χ4v) is 4.18. The van der Waals surface area contributed by atoms with Crippen molar-refractivity contribution in [2.75, 3.05) is 55.5 Å². The van der Waals surface area contributed by atoms with Crippen molar-refractivity contribution in [3.8, 4) is 5.75 Å². The summed E-state index contributed by atoms with van der Waals surface area (Å²) in [5.41, 5.74) is 1.51. The lowest BCUT2D eigenvalue weighted by Crippen LogP contribution is -2.49. The third-order valence-electron chi connectivity index (χ3n) is 5.76. The molecular weight excluding hydrogens is 499 g/mol. The highest BCUT2D eigenvalue weighted by Crippen LogP contribution is 2.24. The van der Waals surface area contributed by atoms with Gasteiger partial charge in [-0.1, -0.05) is 17.7 Å². The maximum absolute atomic E-state index is 14.7. The fourth-order valence-electron chi connectivity index (χ4n) is 3.99. The van der Waals surface area contributed by atoms with E-state index in [4.69, 9.17) is 21.1 Å². The molecule has 0 aliphatic carbocycles. The first-order valence-corrected chi connectivity index (χ1v) is 12.4. The Balaban J connectivity index is 1.33. The molecule has 1 aromatic heterocycles. The molecule has 0 spiro atoms. The number of ether oxygens (including phenoxy) is 2. The second-order valence-electron chi connectivity index (χ2n) is 8.57. The number of benzene rings is 2. The van der Waals surface area contributed by atoms with E-state index in [-0.39, 0.29) is 30.3 Å². The number of amides is 1. The van der Waals surface area contributed by atoms with Crippen molar-refractivity contribution < 1.29 is 18.7 Å². The van der Waals surface area contributed by atoms with Crippen molar-refractivity contribution in [2.24, 2.45) is 0 Å². The third-order valence-corrected chi connectivity index (χ3v) is 5.99. The van der Waals surface area contributed by atoms with Gasteiger partial charge in [0.25, 0.3) is 0 Å². The van der Waals surface area contributed by atoms with Crippen LogP contribution >= 0.6 is 11.6 Å². The van der Waals surface area contributed by atoms with Gasteiger partial charge in [-0.15, -0.1) is 0 Å². The van der Waals surface area contributed by atoms with Crippen LogP contribution in [0.2, 0.25) is 5.02 Å². The maximum Gasteiger partial charge on any atom is 0.239 e. The Hall–Kier alpha value is -3.63. The second-order valence-corrected chi connectivity index (χ2v) is 9.01. The molecule has 3 aromatic rings. The summed E-state index contributed by atoms with van der Waals surface area (Å²) in [7, 11) is 1.62. The molecule has 4 rings (SSSR count). The van der Waals surface area contributed by atoms with Crippen LogP contribution in [0.3, 0.4) is 0 Å². The van der Waals surface area contributed by atoms with Gasteiger partial charge < -0.3 is 30.3 Å². The Labute approximate surface area is 220 Å². The summed E-state index contributed by atoms with van der Waals surface area (Å²) >= 11 is 5.99. The minimum Gasteiger partial charge on any atom is -0.491 e. The van der Waals surface area contributed by atoms with Crippen LogP contribution in [0, 0.1) is 5.82 Å². The Kier molecular flexibility index (Phi) is 9.34. The molecule has 11 heteroatoms. The number of anilines is 4. The summed E-state index contributed by atoms with van der Waals surface area (Å²) in [4.78, 5) is 22.8. The number of nitrogens with zero attached hydrogens (tertiary/aromatic N) is 3. The fraction of sp³-hybridized carbons (Fsp3) is 0.346. The van der Waals surface area contributed by atoms with Crippen molar-refractivity contribution in [1.82, 2.24) is 15.3 Å². The predicted octanol–water partition coefficient (Wildman–Crippen LogP) is 4.24. The van der Waals surface area contributed by atoms with E-state index in [2.05, 4.69) is 25.9 Å². The molecule has 1 fully saturated rings. The lowest BCUT2D eigenvalue weighted by Gasteiger charge is -2.34. The minimum atomic E-state index is -0.512. The summed E-state index contributed by atoms with van der Waals surface area (Å²) < 4.78 is 25.2. The van der Waals surface area contributed by atoms with Gasteiger partial charge in [-0.2, -0.15) is 4.98 Å². The second kappa shape index (κ2) is 13.1. The van der Waals surface area contributed by atoms with E-state index in [0.29, 0.717) is 37.1 Å². The van der Waals surface area contributed by atoms with Crippen molar-refractivity contribution in [3.63, 3.8) is 0 Å². The van der Waals surface area contributed by atoms with Crippen molar-refractivity contribution in [1.29, 1.82) is 0 Å². The first kappa shape index (κ1) is 26.4. The van der Waals surface area contributed by atoms with Gasteiger partial charge in [0, 0.05) is 42.6 Å². The molecule has 1 saturated heterocycles. The number of carbonyl (C=O) groups excluding carboxylic acids is 1. The molecule has 0 saturated carbocycles.